The monoisotopic (exact) mass is 565 g/mol. The standard InChI is InChI=1S/C28H27N3O8S/c1-17-24(30-27(33)19-7-6-8-20(15-19)38-13-14-39-40(3,35)36)23-9-4-5-12-31(23)25(17)26(32)18-10-11-22(29)21(16-18)28(34)37-2/h4-12,15-16H,13-14,29H2,1-3H3,(H,30,33). The molecule has 4 rings (SSSR count). The van der Waals surface area contributed by atoms with Crippen molar-refractivity contribution in [1.82, 2.24) is 4.40 Å². The predicted molar refractivity (Wildman–Crippen MR) is 148 cm³/mol. The molecule has 1 amide bonds. The number of pyridine rings is 1. The Morgan fingerprint density at radius 1 is 0.975 bits per heavy atom. The molecule has 0 aliphatic rings. The summed E-state index contributed by atoms with van der Waals surface area (Å²) in [5.41, 5.74) is 8.51. The number of methoxy groups -OCH3 is 1. The fraction of sp³-hybridized carbons (Fsp3) is 0.179. The van der Waals surface area contributed by atoms with Gasteiger partial charge in [-0.3, -0.25) is 13.8 Å². The first kappa shape index (κ1) is 28.3. The highest BCUT2D eigenvalue weighted by Gasteiger charge is 2.24. The number of aromatic nitrogens is 1. The summed E-state index contributed by atoms with van der Waals surface area (Å²) in [5, 5.41) is 2.89. The van der Waals surface area contributed by atoms with E-state index in [2.05, 4.69) is 9.50 Å². The van der Waals surface area contributed by atoms with Gasteiger partial charge in [-0.15, -0.1) is 0 Å². The van der Waals surface area contributed by atoms with E-state index in [0.29, 0.717) is 28.2 Å². The Morgan fingerprint density at radius 2 is 1.75 bits per heavy atom. The van der Waals surface area contributed by atoms with E-state index in [1.165, 1.54) is 31.4 Å². The van der Waals surface area contributed by atoms with Crippen LogP contribution in [0, 0.1) is 6.92 Å². The van der Waals surface area contributed by atoms with Gasteiger partial charge in [0, 0.05) is 28.6 Å². The molecular formula is C28H27N3O8S. The van der Waals surface area contributed by atoms with Crippen LogP contribution in [0.15, 0.2) is 66.9 Å². The van der Waals surface area contributed by atoms with Crippen molar-refractivity contribution in [3.8, 4) is 5.75 Å². The first-order chi connectivity index (χ1) is 19.0. The van der Waals surface area contributed by atoms with Crippen molar-refractivity contribution in [3.05, 3.63) is 94.8 Å². The summed E-state index contributed by atoms with van der Waals surface area (Å²) in [6.45, 7) is 1.52. The van der Waals surface area contributed by atoms with Gasteiger partial charge in [0.25, 0.3) is 16.0 Å². The highest BCUT2D eigenvalue weighted by Crippen LogP contribution is 2.31. The number of nitrogen functional groups attached to an aromatic ring is 1. The molecule has 0 saturated heterocycles. The molecule has 208 valence electrons. The number of ketones is 1. The quantitative estimate of drug-likeness (QED) is 0.0967. The Labute approximate surface area is 230 Å². The summed E-state index contributed by atoms with van der Waals surface area (Å²) in [6, 6.07) is 16.0. The largest absolute Gasteiger partial charge is 0.491 e. The summed E-state index contributed by atoms with van der Waals surface area (Å²) in [6.07, 6.45) is 2.65. The van der Waals surface area contributed by atoms with Gasteiger partial charge in [0.1, 0.15) is 19.0 Å². The maximum Gasteiger partial charge on any atom is 0.339 e. The third-order valence-electron chi connectivity index (χ3n) is 6.01. The minimum Gasteiger partial charge on any atom is -0.491 e. The Hall–Kier alpha value is -4.68. The number of carbonyl (C=O) groups excluding carboxylic acids is 3. The second kappa shape index (κ2) is 11.6. The van der Waals surface area contributed by atoms with Crippen molar-refractivity contribution in [2.75, 3.05) is 37.6 Å². The number of ether oxygens (including phenoxy) is 2. The van der Waals surface area contributed by atoms with E-state index in [9.17, 15) is 22.8 Å². The molecule has 2 heterocycles. The molecule has 11 nitrogen and oxygen atoms in total. The lowest BCUT2D eigenvalue weighted by Gasteiger charge is -2.09. The van der Waals surface area contributed by atoms with Crippen molar-refractivity contribution in [3.63, 3.8) is 0 Å². The van der Waals surface area contributed by atoms with Gasteiger partial charge in [-0.1, -0.05) is 12.1 Å². The molecule has 0 saturated carbocycles. The van der Waals surface area contributed by atoms with E-state index in [-0.39, 0.29) is 41.4 Å². The molecular weight excluding hydrogens is 538 g/mol. The van der Waals surface area contributed by atoms with E-state index < -0.39 is 22.0 Å². The van der Waals surface area contributed by atoms with Crippen molar-refractivity contribution < 1.29 is 36.5 Å². The second-order valence-electron chi connectivity index (χ2n) is 8.78. The third kappa shape index (κ3) is 6.14. The molecule has 0 bridgehead atoms. The zero-order chi connectivity index (χ0) is 29.0. The maximum absolute atomic E-state index is 13.7. The SMILES string of the molecule is COC(=O)c1cc(C(=O)c2c(C)c(NC(=O)c3cccc(OCCOS(C)(=O)=O)c3)c3ccccn23)ccc1N. The molecule has 4 aromatic rings. The highest BCUT2D eigenvalue weighted by molar-refractivity contribution is 7.85. The molecule has 2 aromatic heterocycles. The van der Waals surface area contributed by atoms with Gasteiger partial charge in [-0.05, 0) is 55.5 Å². The Bertz CT molecular complexity index is 1730. The van der Waals surface area contributed by atoms with Gasteiger partial charge in [0.05, 0.1) is 35.8 Å². The summed E-state index contributed by atoms with van der Waals surface area (Å²) < 4.78 is 38.8. The second-order valence-corrected chi connectivity index (χ2v) is 10.4. The van der Waals surface area contributed by atoms with Gasteiger partial charge in [0.2, 0.25) is 5.78 Å². The van der Waals surface area contributed by atoms with Crippen molar-refractivity contribution in [2.45, 2.75) is 6.92 Å². The fourth-order valence-electron chi connectivity index (χ4n) is 4.15. The number of hydrogen-bond donors (Lipinski definition) is 2. The summed E-state index contributed by atoms with van der Waals surface area (Å²) in [7, 11) is -2.36. The molecule has 0 radical (unpaired) electrons. The average molecular weight is 566 g/mol. The first-order valence-corrected chi connectivity index (χ1v) is 13.8. The molecule has 0 spiro atoms. The zero-order valence-corrected chi connectivity index (χ0v) is 22.8. The van der Waals surface area contributed by atoms with Gasteiger partial charge in [0.15, 0.2) is 0 Å². The molecule has 0 unspecified atom stereocenters. The Balaban J connectivity index is 1.62. The van der Waals surface area contributed by atoms with Crippen LogP contribution in [0.2, 0.25) is 0 Å². The van der Waals surface area contributed by atoms with Crippen LogP contribution in [0.4, 0.5) is 11.4 Å². The number of hydrogen-bond acceptors (Lipinski definition) is 9. The number of rotatable bonds is 10. The molecule has 0 atom stereocenters. The molecule has 0 fully saturated rings. The number of esters is 1. The average Bonchev–Trinajstić information content (AvgIpc) is 3.21. The molecule has 12 heteroatoms. The molecule has 0 aliphatic carbocycles. The van der Waals surface area contributed by atoms with Crippen LogP contribution < -0.4 is 15.8 Å². The van der Waals surface area contributed by atoms with E-state index in [4.69, 9.17) is 15.2 Å². The summed E-state index contributed by atoms with van der Waals surface area (Å²) in [4.78, 5) is 39.0. The molecule has 3 N–H and O–H groups in total. The fourth-order valence-corrected chi connectivity index (χ4v) is 4.52. The first-order valence-electron chi connectivity index (χ1n) is 12.0. The van der Waals surface area contributed by atoms with Crippen LogP contribution in [-0.2, 0) is 19.0 Å². The number of benzene rings is 2. The number of fused-ring (bicyclic) bond motifs is 1. The van der Waals surface area contributed by atoms with Gasteiger partial charge in [-0.25, -0.2) is 4.79 Å². The predicted octanol–water partition coefficient (Wildman–Crippen LogP) is 3.45. The van der Waals surface area contributed by atoms with Crippen molar-refractivity contribution in [2.24, 2.45) is 0 Å². The number of amides is 1. The van der Waals surface area contributed by atoms with Crippen LogP contribution in [-0.4, -0.2) is 57.1 Å². The van der Waals surface area contributed by atoms with Crippen molar-refractivity contribution in [1.29, 1.82) is 0 Å². The van der Waals surface area contributed by atoms with Crippen LogP contribution in [0.3, 0.4) is 0 Å². The van der Waals surface area contributed by atoms with Crippen molar-refractivity contribution >= 4 is 44.7 Å². The molecule has 0 aliphatic heterocycles. The third-order valence-corrected chi connectivity index (χ3v) is 6.60. The Kier molecular flexibility index (Phi) is 8.21. The molecule has 2 aromatic carbocycles. The lowest BCUT2D eigenvalue weighted by Crippen LogP contribution is -2.14. The topological polar surface area (TPSA) is 156 Å². The lowest BCUT2D eigenvalue weighted by atomic mass is 10.0. The summed E-state index contributed by atoms with van der Waals surface area (Å²) >= 11 is 0. The molecule has 40 heavy (non-hydrogen) atoms. The van der Waals surface area contributed by atoms with Gasteiger partial charge >= 0.3 is 5.97 Å². The Morgan fingerprint density at radius 3 is 2.48 bits per heavy atom. The van der Waals surface area contributed by atoms with E-state index in [0.717, 1.165) is 6.26 Å². The smallest absolute Gasteiger partial charge is 0.339 e. The van der Waals surface area contributed by atoms with E-state index in [1.807, 2.05) is 0 Å². The summed E-state index contributed by atoms with van der Waals surface area (Å²) in [5.74, 6) is -1.14. The highest BCUT2D eigenvalue weighted by atomic mass is 32.2. The van der Waals surface area contributed by atoms with Crippen LogP contribution >= 0.6 is 0 Å². The minimum absolute atomic E-state index is 0.0321. The van der Waals surface area contributed by atoms with E-state index >= 15 is 0 Å². The maximum atomic E-state index is 13.7. The number of nitrogens with two attached hydrogens (primary N) is 1. The van der Waals surface area contributed by atoms with Crippen LogP contribution in [0.1, 0.15) is 42.3 Å². The van der Waals surface area contributed by atoms with Crippen LogP contribution in [0.5, 0.6) is 5.75 Å². The van der Waals surface area contributed by atoms with Gasteiger partial charge in [-0.2, -0.15) is 8.42 Å². The number of carbonyl (C=O) groups is 3. The minimum atomic E-state index is -3.58. The number of nitrogens with zero attached hydrogens (tertiary/aromatic N) is 1. The normalized spacial score (nSPS) is 11.3. The number of nitrogens with one attached hydrogen (secondary N) is 1. The van der Waals surface area contributed by atoms with E-state index in [1.54, 1.807) is 53.9 Å². The van der Waals surface area contributed by atoms with Crippen LogP contribution in [0.25, 0.3) is 5.52 Å². The number of anilines is 2. The zero-order valence-electron chi connectivity index (χ0n) is 22.0. The van der Waals surface area contributed by atoms with Gasteiger partial charge < -0.3 is 24.9 Å². The lowest BCUT2D eigenvalue weighted by molar-refractivity contribution is 0.0601.